The molecule has 1 atom stereocenters. The highest BCUT2D eigenvalue weighted by Crippen LogP contribution is 2.26. The van der Waals surface area contributed by atoms with Crippen molar-refractivity contribution in [1.82, 2.24) is 9.62 Å². The lowest BCUT2D eigenvalue weighted by molar-refractivity contribution is -0.149. The predicted octanol–water partition coefficient (Wildman–Crippen LogP) is 1.16. The van der Waals surface area contributed by atoms with E-state index in [1.54, 1.807) is 13.8 Å². The van der Waals surface area contributed by atoms with E-state index in [1.165, 1.54) is 35.6 Å². The van der Waals surface area contributed by atoms with E-state index in [-0.39, 0.29) is 35.8 Å². The number of rotatable bonds is 7. The zero-order chi connectivity index (χ0) is 20.0. The normalized spacial score (nSPS) is 17.1. The first kappa shape index (κ1) is 21.2. The fourth-order valence-electron chi connectivity index (χ4n) is 2.89. The van der Waals surface area contributed by atoms with Crippen molar-refractivity contribution in [2.75, 3.05) is 26.7 Å². The molecule has 1 aromatic rings. The van der Waals surface area contributed by atoms with Crippen LogP contribution in [-0.2, 0) is 24.3 Å². The van der Waals surface area contributed by atoms with Crippen molar-refractivity contribution in [3.05, 3.63) is 24.3 Å². The molecule has 2 rings (SSSR count). The van der Waals surface area contributed by atoms with Gasteiger partial charge in [0.2, 0.25) is 10.0 Å². The molecule has 1 aromatic carbocycles. The van der Waals surface area contributed by atoms with Gasteiger partial charge < -0.3 is 14.8 Å². The molecule has 9 heteroatoms. The Morgan fingerprint density at radius 2 is 1.81 bits per heavy atom. The van der Waals surface area contributed by atoms with Gasteiger partial charge in [-0.3, -0.25) is 9.59 Å². The number of ether oxygens (including phenoxy) is 2. The van der Waals surface area contributed by atoms with Crippen LogP contribution in [0.15, 0.2) is 29.2 Å². The number of esters is 1. The molecule has 8 nitrogen and oxygen atoms in total. The third-order valence-electron chi connectivity index (χ3n) is 4.46. The maximum atomic E-state index is 12.8. The van der Waals surface area contributed by atoms with Gasteiger partial charge in [-0.25, -0.2) is 8.42 Å². The minimum absolute atomic E-state index is 0.150. The number of hydrogen-bond acceptors (Lipinski definition) is 6. The lowest BCUT2D eigenvalue weighted by atomic mass is 9.98. The molecule has 1 N–H and O–H groups in total. The standard InChI is InChI=1S/C18H26N2O6S/c1-4-25-18(22)14-9-11-20(12-10-14)27(23,24)16-7-5-15(6-8-16)26-13(2)17(21)19-3/h5-8,13-14H,4,9-12H2,1-3H3,(H,19,21)/t13-/m1/s1. The van der Waals surface area contributed by atoms with Crippen molar-refractivity contribution in [2.45, 2.75) is 37.7 Å². The van der Waals surface area contributed by atoms with Crippen molar-refractivity contribution in [3.8, 4) is 5.75 Å². The average Bonchev–Trinajstić information content (AvgIpc) is 2.68. The summed E-state index contributed by atoms with van der Waals surface area (Å²) in [5.41, 5.74) is 0. The maximum Gasteiger partial charge on any atom is 0.309 e. The van der Waals surface area contributed by atoms with E-state index >= 15 is 0 Å². The molecular weight excluding hydrogens is 372 g/mol. The fourth-order valence-corrected chi connectivity index (χ4v) is 4.36. The number of nitrogens with one attached hydrogen (secondary N) is 1. The van der Waals surface area contributed by atoms with Gasteiger partial charge in [0.15, 0.2) is 6.10 Å². The Balaban J connectivity index is 2.01. The number of carbonyl (C=O) groups excluding carboxylic acids is 2. The Hall–Kier alpha value is -2.13. The first-order valence-electron chi connectivity index (χ1n) is 8.94. The van der Waals surface area contributed by atoms with Gasteiger partial charge in [-0.15, -0.1) is 0 Å². The summed E-state index contributed by atoms with van der Waals surface area (Å²) in [4.78, 5) is 23.4. The van der Waals surface area contributed by atoms with Crippen LogP contribution < -0.4 is 10.1 Å². The maximum absolute atomic E-state index is 12.8. The van der Waals surface area contributed by atoms with Crippen molar-refractivity contribution in [3.63, 3.8) is 0 Å². The molecule has 0 saturated carbocycles. The Kier molecular flexibility index (Phi) is 7.20. The summed E-state index contributed by atoms with van der Waals surface area (Å²) in [6.45, 7) is 4.23. The van der Waals surface area contributed by atoms with E-state index in [4.69, 9.17) is 9.47 Å². The van der Waals surface area contributed by atoms with E-state index in [0.717, 1.165) is 0 Å². The van der Waals surface area contributed by atoms with E-state index in [2.05, 4.69) is 5.32 Å². The third-order valence-corrected chi connectivity index (χ3v) is 6.38. The molecule has 0 aromatic heterocycles. The zero-order valence-corrected chi connectivity index (χ0v) is 16.6. The Morgan fingerprint density at radius 1 is 1.22 bits per heavy atom. The minimum atomic E-state index is -3.64. The summed E-state index contributed by atoms with van der Waals surface area (Å²) in [7, 11) is -2.13. The number of carbonyl (C=O) groups is 2. The second kappa shape index (κ2) is 9.18. The van der Waals surface area contributed by atoms with Crippen LogP contribution in [0.4, 0.5) is 0 Å². The van der Waals surface area contributed by atoms with Gasteiger partial charge in [-0.2, -0.15) is 4.31 Å². The lowest BCUT2D eigenvalue weighted by Gasteiger charge is -2.30. The van der Waals surface area contributed by atoms with Crippen LogP contribution in [0, 0.1) is 5.92 Å². The van der Waals surface area contributed by atoms with Crippen LogP contribution in [0.25, 0.3) is 0 Å². The van der Waals surface area contributed by atoms with Crippen LogP contribution in [0.5, 0.6) is 5.75 Å². The van der Waals surface area contributed by atoms with Crippen molar-refractivity contribution < 1.29 is 27.5 Å². The Labute approximate surface area is 159 Å². The van der Waals surface area contributed by atoms with Crippen LogP contribution >= 0.6 is 0 Å². The molecule has 1 aliphatic rings. The number of likely N-dealkylation sites (N-methyl/N-ethyl adjacent to an activating group) is 1. The molecule has 1 aliphatic heterocycles. The quantitative estimate of drug-likeness (QED) is 0.692. The van der Waals surface area contributed by atoms with Crippen molar-refractivity contribution in [1.29, 1.82) is 0 Å². The van der Waals surface area contributed by atoms with E-state index < -0.39 is 16.1 Å². The molecule has 1 heterocycles. The second-order valence-electron chi connectivity index (χ2n) is 6.28. The monoisotopic (exact) mass is 398 g/mol. The van der Waals surface area contributed by atoms with Gasteiger partial charge in [0.1, 0.15) is 5.75 Å². The molecule has 0 unspecified atom stereocenters. The predicted molar refractivity (Wildman–Crippen MR) is 98.7 cm³/mol. The molecule has 1 saturated heterocycles. The van der Waals surface area contributed by atoms with E-state index in [9.17, 15) is 18.0 Å². The molecule has 0 spiro atoms. The first-order chi connectivity index (χ1) is 12.8. The van der Waals surface area contributed by atoms with Gasteiger partial charge in [-0.05, 0) is 51.0 Å². The molecular formula is C18H26N2O6S. The number of benzene rings is 1. The number of sulfonamides is 1. The molecule has 0 radical (unpaired) electrons. The third kappa shape index (κ3) is 5.20. The fraction of sp³-hybridized carbons (Fsp3) is 0.556. The van der Waals surface area contributed by atoms with Crippen LogP contribution in [0.2, 0.25) is 0 Å². The highest BCUT2D eigenvalue weighted by atomic mass is 32.2. The molecule has 1 fully saturated rings. The lowest BCUT2D eigenvalue weighted by Crippen LogP contribution is -2.40. The molecule has 1 amide bonds. The van der Waals surface area contributed by atoms with E-state index in [0.29, 0.717) is 25.2 Å². The van der Waals surface area contributed by atoms with Gasteiger partial charge in [0.05, 0.1) is 17.4 Å². The SMILES string of the molecule is CCOC(=O)C1CCN(S(=O)(=O)c2ccc(O[C@H](C)C(=O)NC)cc2)CC1. The first-order valence-corrected chi connectivity index (χ1v) is 10.4. The number of hydrogen-bond donors (Lipinski definition) is 1. The number of piperidine rings is 1. The molecule has 0 aliphatic carbocycles. The number of nitrogens with zero attached hydrogens (tertiary/aromatic N) is 1. The van der Waals surface area contributed by atoms with Gasteiger partial charge >= 0.3 is 5.97 Å². The minimum Gasteiger partial charge on any atom is -0.481 e. The van der Waals surface area contributed by atoms with Crippen LogP contribution in [0.1, 0.15) is 26.7 Å². The highest BCUT2D eigenvalue weighted by molar-refractivity contribution is 7.89. The van der Waals surface area contributed by atoms with Crippen molar-refractivity contribution >= 4 is 21.9 Å². The average molecular weight is 398 g/mol. The number of amides is 1. The summed E-state index contributed by atoms with van der Waals surface area (Å²) in [6, 6.07) is 5.97. The van der Waals surface area contributed by atoms with E-state index in [1.807, 2.05) is 0 Å². The Bertz CT molecular complexity index is 755. The molecule has 0 bridgehead atoms. The second-order valence-corrected chi connectivity index (χ2v) is 8.21. The summed E-state index contributed by atoms with van der Waals surface area (Å²) in [5.74, 6) is -0.373. The summed E-state index contributed by atoms with van der Waals surface area (Å²) in [5, 5.41) is 2.48. The molecule has 27 heavy (non-hydrogen) atoms. The zero-order valence-electron chi connectivity index (χ0n) is 15.8. The van der Waals surface area contributed by atoms with Crippen LogP contribution in [0.3, 0.4) is 0 Å². The summed E-state index contributed by atoms with van der Waals surface area (Å²) >= 11 is 0. The van der Waals surface area contributed by atoms with Gasteiger partial charge in [-0.1, -0.05) is 0 Å². The smallest absolute Gasteiger partial charge is 0.309 e. The van der Waals surface area contributed by atoms with Gasteiger partial charge in [0.25, 0.3) is 5.91 Å². The van der Waals surface area contributed by atoms with Crippen molar-refractivity contribution in [2.24, 2.45) is 5.92 Å². The topological polar surface area (TPSA) is 102 Å². The highest BCUT2D eigenvalue weighted by Gasteiger charge is 2.32. The Morgan fingerprint density at radius 3 is 2.33 bits per heavy atom. The summed E-state index contributed by atoms with van der Waals surface area (Å²) in [6.07, 6.45) is 0.214. The largest absolute Gasteiger partial charge is 0.481 e. The van der Waals surface area contributed by atoms with Crippen LogP contribution in [-0.4, -0.2) is 57.4 Å². The molecule has 150 valence electrons. The summed E-state index contributed by atoms with van der Waals surface area (Å²) < 4.78 is 37.4. The van der Waals surface area contributed by atoms with Gasteiger partial charge in [0, 0.05) is 20.1 Å².